The molecule has 0 spiro atoms. The molecule has 0 saturated carbocycles. The van der Waals surface area contributed by atoms with Crippen molar-refractivity contribution in [2.75, 3.05) is 0 Å². The Balaban J connectivity index is 3.39. The van der Waals surface area contributed by atoms with Crippen LogP contribution < -0.4 is 5.56 Å². The molecular weight excluding hydrogens is 200 g/mol. The highest BCUT2D eigenvalue weighted by molar-refractivity contribution is 6.17. The van der Waals surface area contributed by atoms with Crippen LogP contribution in [0.25, 0.3) is 0 Å². The summed E-state index contributed by atoms with van der Waals surface area (Å²) in [5.74, 6) is -0.0789. The standard InChI is InChI=1S/C8H8ClF2NO/c1-4-2-5(3-9)6(7(10)11)8(13)12-4/h2,7H,3H2,1H3,(H,12,13). The maximum absolute atomic E-state index is 12.3. The summed E-state index contributed by atoms with van der Waals surface area (Å²) in [6, 6.07) is 1.45. The summed E-state index contributed by atoms with van der Waals surface area (Å²) in [5, 5.41) is 0. The first-order chi connectivity index (χ1) is 6.06. The van der Waals surface area contributed by atoms with Crippen LogP contribution in [-0.2, 0) is 5.88 Å². The quantitative estimate of drug-likeness (QED) is 0.742. The first kappa shape index (κ1) is 10.2. The van der Waals surface area contributed by atoms with Crippen molar-refractivity contribution in [2.24, 2.45) is 0 Å². The minimum Gasteiger partial charge on any atom is -0.326 e. The molecule has 0 amide bonds. The van der Waals surface area contributed by atoms with Gasteiger partial charge >= 0.3 is 0 Å². The van der Waals surface area contributed by atoms with Gasteiger partial charge in [-0.15, -0.1) is 11.6 Å². The highest BCUT2D eigenvalue weighted by Gasteiger charge is 2.17. The van der Waals surface area contributed by atoms with Crippen molar-refractivity contribution in [1.29, 1.82) is 0 Å². The monoisotopic (exact) mass is 207 g/mol. The van der Waals surface area contributed by atoms with Crippen molar-refractivity contribution >= 4 is 11.6 Å². The molecule has 0 aliphatic rings. The van der Waals surface area contributed by atoms with Crippen molar-refractivity contribution in [3.05, 3.63) is 33.2 Å². The Morgan fingerprint density at radius 1 is 1.62 bits per heavy atom. The van der Waals surface area contributed by atoms with E-state index >= 15 is 0 Å². The van der Waals surface area contributed by atoms with Crippen LogP contribution in [0.2, 0.25) is 0 Å². The van der Waals surface area contributed by atoms with Crippen molar-refractivity contribution in [1.82, 2.24) is 4.98 Å². The molecule has 1 heterocycles. The van der Waals surface area contributed by atoms with Crippen LogP contribution in [-0.4, -0.2) is 4.98 Å². The smallest absolute Gasteiger partial charge is 0.269 e. The van der Waals surface area contributed by atoms with Crippen LogP contribution in [0, 0.1) is 6.92 Å². The second-order valence-corrected chi connectivity index (χ2v) is 2.92. The average Bonchev–Trinajstić information content (AvgIpc) is 2.01. The Morgan fingerprint density at radius 3 is 2.69 bits per heavy atom. The molecule has 1 N–H and O–H groups in total. The number of aromatic amines is 1. The summed E-state index contributed by atoms with van der Waals surface area (Å²) < 4.78 is 24.7. The van der Waals surface area contributed by atoms with Crippen molar-refractivity contribution in [3.63, 3.8) is 0 Å². The topological polar surface area (TPSA) is 32.9 Å². The molecule has 0 aliphatic heterocycles. The summed E-state index contributed by atoms with van der Waals surface area (Å²) in [5.41, 5.74) is -0.561. The number of pyridine rings is 1. The Bertz CT molecular complexity index is 362. The van der Waals surface area contributed by atoms with Crippen LogP contribution >= 0.6 is 11.6 Å². The SMILES string of the molecule is Cc1cc(CCl)c(C(F)F)c(=O)[nH]1. The maximum atomic E-state index is 12.3. The fourth-order valence-corrected chi connectivity index (χ4v) is 1.34. The van der Waals surface area contributed by atoms with Crippen LogP contribution in [0.4, 0.5) is 8.78 Å². The van der Waals surface area contributed by atoms with Crippen LogP contribution in [0.5, 0.6) is 0 Å². The lowest BCUT2D eigenvalue weighted by Crippen LogP contribution is -2.16. The fourth-order valence-electron chi connectivity index (χ4n) is 1.12. The Morgan fingerprint density at radius 2 is 2.23 bits per heavy atom. The summed E-state index contributed by atoms with van der Waals surface area (Å²) >= 11 is 5.43. The number of H-pyrrole nitrogens is 1. The van der Waals surface area contributed by atoms with E-state index in [9.17, 15) is 13.6 Å². The molecule has 13 heavy (non-hydrogen) atoms. The molecule has 0 bridgehead atoms. The van der Waals surface area contributed by atoms with Crippen LogP contribution in [0.1, 0.15) is 23.2 Å². The maximum Gasteiger partial charge on any atom is 0.269 e. The van der Waals surface area contributed by atoms with E-state index in [0.717, 1.165) is 0 Å². The van der Waals surface area contributed by atoms with Crippen LogP contribution in [0.3, 0.4) is 0 Å². The van der Waals surface area contributed by atoms with Gasteiger partial charge in [0.2, 0.25) is 0 Å². The lowest BCUT2D eigenvalue weighted by Gasteiger charge is -2.05. The number of aryl methyl sites for hydroxylation is 1. The fraction of sp³-hybridized carbons (Fsp3) is 0.375. The summed E-state index contributed by atoms with van der Waals surface area (Å²) in [7, 11) is 0. The third kappa shape index (κ3) is 2.06. The summed E-state index contributed by atoms with van der Waals surface area (Å²) in [6.07, 6.45) is -2.78. The third-order valence-electron chi connectivity index (χ3n) is 1.65. The molecule has 0 saturated heterocycles. The zero-order valence-electron chi connectivity index (χ0n) is 6.90. The van der Waals surface area contributed by atoms with Gasteiger partial charge in [0, 0.05) is 11.6 Å². The van der Waals surface area contributed by atoms with E-state index in [1.165, 1.54) is 6.07 Å². The van der Waals surface area contributed by atoms with Crippen molar-refractivity contribution < 1.29 is 8.78 Å². The lowest BCUT2D eigenvalue weighted by molar-refractivity contribution is 0.148. The van der Waals surface area contributed by atoms with Gasteiger partial charge in [0.05, 0.1) is 5.56 Å². The van der Waals surface area contributed by atoms with Crippen LogP contribution in [0.15, 0.2) is 10.9 Å². The average molecular weight is 208 g/mol. The molecule has 5 heteroatoms. The Labute approximate surface area is 78.5 Å². The van der Waals surface area contributed by atoms with Gasteiger partial charge < -0.3 is 4.98 Å². The van der Waals surface area contributed by atoms with Gasteiger partial charge in [-0.2, -0.15) is 0 Å². The van der Waals surface area contributed by atoms with E-state index in [4.69, 9.17) is 11.6 Å². The zero-order valence-corrected chi connectivity index (χ0v) is 7.66. The normalized spacial score (nSPS) is 10.8. The number of halogens is 3. The second kappa shape index (κ2) is 3.87. The molecular formula is C8H8ClF2NO. The first-order valence-electron chi connectivity index (χ1n) is 3.63. The van der Waals surface area contributed by atoms with Gasteiger partial charge in [-0.25, -0.2) is 8.78 Å². The van der Waals surface area contributed by atoms with Gasteiger partial charge in [-0.05, 0) is 18.6 Å². The summed E-state index contributed by atoms with van der Waals surface area (Å²) in [4.78, 5) is 13.4. The number of alkyl halides is 3. The zero-order chi connectivity index (χ0) is 10.0. The predicted molar refractivity (Wildman–Crippen MR) is 46.3 cm³/mol. The molecule has 0 radical (unpaired) electrons. The number of hydrogen-bond acceptors (Lipinski definition) is 1. The molecule has 1 aromatic rings. The third-order valence-corrected chi connectivity index (χ3v) is 1.94. The second-order valence-electron chi connectivity index (χ2n) is 2.65. The lowest BCUT2D eigenvalue weighted by atomic mass is 10.1. The van der Waals surface area contributed by atoms with Crippen molar-refractivity contribution in [2.45, 2.75) is 19.2 Å². The molecule has 0 fully saturated rings. The van der Waals surface area contributed by atoms with E-state index in [1.807, 2.05) is 0 Å². The molecule has 0 atom stereocenters. The summed E-state index contributed by atoms with van der Waals surface area (Å²) in [6.45, 7) is 1.62. The van der Waals surface area contributed by atoms with E-state index in [-0.39, 0.29) is 11.4 Å². The van der Waals surface area contributed by atoms with Gasteiger partial charge in [-0.3, -0.25) is 4.79 Å². The molecule has 0 aliphatic carbocycles. The number of aromatic nitrogens is 1. The molecule has 0 aromatic carbocycles. The molecule has 1 rings (SSSR count). The first-order valence-corrected chi connectivity index (χ1v) is 4.16. The van der Waals surface area contributed by atoms with E-state index in [1.54, 1.807) is 6.92 Å². The largest absolute Gasteiger partial charge is 0.326 e. The highest BCUT2D eigenvalue weighted by atomic mass is 35.5. The number of nitrogens with one attached hydrogen (secondary N) is 1. The Kier molecular flexibility index (Phi) is 3.03. The van der Waals surface area contributed by atoms with Gasteiger partial charge in [0.15, 0.2) is 0 Å². The van der Waals surface area contributed by atoms with E-state index in [0.29, 0.717) is 5.69 Å². The van der Waals surface area contributed by atoms with Gasteiger partial charge in [0.25, 0.3) is 12.0 Å². The van der Waals surface area contributed by atoms with E-state index in [2.05, 4.69) is 4.98 Å². The molecule has 2 nitrogen and oxygen atoms in total. The molecule has 72 valence electrons. The van der Waals surface area contributed by atoms with Gasteiger partial charge in [-0.1, -0.05) is 0 Å². The highest BCUT2D eigenvalue weighted by Crippen LogP contribution is 2.20. The van der Waals surface area contributed by atoms with Gasteiger partial charge in [0.1, 0.15) is 0 Å². The Hall–Kier alpha value is -0.900. The number of hydrogen-bond donors (Lipinski definition) is 1. The number of rotatable bonds is 2. The minimum absolute atomic E-state index is 0.0789. The minimum atomic E-state index is -2.78. The molecule has 1 aromatic heterocycles. The van der Waals surface area contributed by atoms with Crippen molar-refractivity contribution in [3.8, 4) is 0 Å². The molecule has 0 unspecified atom stereocenters. The predicted octanol–water partition coefficient (Wildman–Crippen LogP) is 2.36. The van der Waals surface area contributed by atoms with E-state index < -0.39 is 17.5 Å².